The van der Waals surface area contributed by atoms with Crippen LogP contribution < -0.4 is 0 Å². The van der Waals surface area contributed by atoms with E-state index in [-0.39, 0.29) is 12.1 Å². The van der Waals surface area contributed by atoms with E-state index in [0.29, 0.717) is 5.41 Å². The smallest absolute Gasteiger partial charge is 0.410 e. The first-order valence-electron chi connectivity index (χ1n) is 9.99. The fourth-order valence-corrected chi connectivity index (χ4v) is 3.62. The molecule has 2 fully saturated rings. The lowest BCUT2D eigenvalue weighted by Crippen LogP contribution is -2.57. The number of piperazine rings is 1. The highest BCUT2D eigenvalue weighted by Crippen LogP contribution is 2.32. The van der Waals surface area contributed by atoms with Crippen LogP contribution in [0, 0.1) is 5.41 Å². The molecule has 0 saturated carbocycles. The number of hydrogen-bond donors (Lipinski definition) is 0. The molecule has 1 atom stereocenters. The van der Waals surface area contributed by atoms with Gasteiger partial charge in [0.2, 0.25) is 0 Å². The Labute approximate surface area is 155 Å². The Hall–Kier alpha value is -0.810. The predicted molar refractivity (Wildman–Crippen MR) is 105 cm³/mol. The molecule has 2 saturated heterocycles. The molecule has 0 aliphatic carbocycles. The summed E-state index contributed by atoms with van der Waals surface area (Å²) in [4.78, 5) is 19.1. The fourth-order valence-electron chi connectivity index (χ4n) is 3.62. The van der Waals surface area contributed by atoms with Crippen molar-refractivity contribution in [3.8, 4) is 0 Å². The van der Waals surface area contributed by atoms with Crippen LogP contribution in [0.4, 0.5) is 4.79 Å². The number of hydrogen-bond acceptors (Lipinski definition) is 4. The molecule has 0 N–H and O–H groups in total. The van der Waals surface area contributed by atoms with Crippen molar-refractivity contribution in [1.82, 2.24) is 14.7 Å². The molecule has 0 bridgehead atoms. The third-order valence-electron chi connectivity index (χ3n) is 5.14. The maximum absolute atomic E-state index is 12.3. The van der Waals surface area contributed by atoms with Gasteiger partial charge in [-0.25, -0.2) is 4.79 Å². The zero-order valence-corrected chi connectivity index (χ0v) is 17.9. The van der Waals surface area contributed by atoms with Crippen molar-refractivity contribution in [2.45, 2.75) is 73.0 Å². The average molecular weight is 356 g/mol. The highest BCUT2D eigenvalue weighted by molar-refractivity contribution is 5.68. The monoisotopic (exact) mass is 355 g/mol. The fraction of sp³-hybridized carbons (Fsp3) is 0.950. The summed E-state index contributed by atoms with van der Waals surface area (Å²) >= 11 is 0. The quantitative estimate of drug-likeness (QED) is 0.757. The Morgan fingerprint density at radius 3 is 2.16 bits per heavy atom. The molecular weight excluding hydrogens is 314 g/mol. The molecule has 1 amide bonds. The first kappa shape index (κ1) is 22.2. The van der Waals surface area contributed by atoms with Crippen LogP contribution in [0.3, 0.4) is 0 Å². The Morgan fingerprint density at radius 1 is 1.12 bits per heavy atom. The maximum atomic E-state index is 12.3. The Bertz CT molecular complexity index is 412. The molecule has 1 unspecified atom stereocenters. The molecule has 2 rings (SSSR count). The van der Waals surface area contributed by atoms with Gasteiger partial charge in [0.05, 0.1) is 0 Å². The maximum Gasteiger partial charge on any atom is 0.410 e. The van der Waals surface area contributed by atoms with Crippen LogP contribution in [-0.4, -0.2) is 78.8 Å². The first-order valence-corrected chi connectivity index (χ1v) is 9.99. The van der Waals surface area contributed by atoms with Gasteiger partial charge in [0.15, 0.2) is 0 Å². The summed E-state index contributed by atoms with van der Waals surface area (Å²) < 4.78 is 5.53. The second-order valence-electron chi connectivity index (χ2n) is 8.87. The van der Waals surface area contributed by atoms with E-state index in [0.717, 1.165) is 26.2 Å². The van der Waals surface area contributed by atoms with Gasteiger partial charge in [-0.3, -0.25) is 4.90 Å². The molecule has 25 heavy (non-hydrogen) atoms. The van der Waals surface area contributed by atoms with E-state index in [2.05, 4.69) is 30.7 Å². The minimum absolute atomic E-state index is 0.171. The van der Waals surface area contributed by atoms with E-state index in [1.165, 1.54) is 25.9 Å². The molecule has 0 aromatic heterocycles. The molecule has 148 valence electrons. The van der Waals surface area contributed by atoms with E-state index in [1.807, 2.05) is 39.5 Å². The van der Waals surface area contributed by atoms with Gasteiger partial charge in [-0.1, -0.05) is 20.8 Å². The van der Waals surface area contributed by atoms with Crippen molar-refractivity contribution in [3.05, 3.63) is 0 Å². The standard InChI is InChI=1S/C18H35N3O2.C2H6/c1-15-13-20(14-18(5)7-9-19(6)10-8-18)11-12-21(15)16(22)23-17(2,3)4;1-2/h15H,7-14H2,1-6H3;1-2H3. The molecule has 2 aliphatic heterocycles. The second-order valence-corrected chi connectivity index (χ2v) is 8.87. The van der Waals surface area contributed by atoms with Crippen LogP contribution in [0.5, 0.6) is 0 Å². The minimum Gasteiger partial charge on any atom is -0.444 e. The van der Waals surface area contributed by atoms with Crippen LogP contribution in [-0.2, 0) is 4.74 Å². The summed E-state index contributed by atoms with van der Waals surface area (Å²) in [5, 5.41) is 0. The van der Waals surface area contributed by atoms with Crippen LogP contribution in [0.15, 0.2) is 0 Å². The molecule has 2 heterocycles. The third-order valence-corrected chi connectivity index (χ3v) is 5.14. The van der Waals surface area contributed by atoms with Crippen LogP contribution in [0.2, 0.25) is 0 Å². The van der Waals surface area contributed by atoms with Gasteiger partial charge in [-0.05, 0) is 66.1 Å². The first-order chi connectivity index (χ1) is 11.6. The predicted octanol–water partition coefficient (Wildman–Crippen LogP) is 3.69. The van der Waals surface area contributed by atoms with Crippen molar-refractivity contribution in [1.29, 1.82) is 0 Å². The highest BCUT2D eigenvalue weighted by atomic mass is 16.6. The van der Waals surface area contributed by atoms with E-state index in [4.69, 9.17) is 4.74 Å². The normalized spacial score (nSPS) is 25.1. The van der Waals surface area contributed by atoms with Crippen molar-refractivity contribution in [2.75, 3.05) is 46.3 Å². The SMILES string of the molecule is CC.CC1CN(CC2(C)CCN(C)CC2)CCN1C(=O)OC(C)(C)C. The van der Waals surface area contributed by atoms with E-state index >= 15 is 0 Å². The Morgan fingerprint density at radius 2 is 1.68 bits per heavy atom. The summed E-state index contributed by atoms with van der Waals surface area (Å²) in [5.41, 5.74) is -0.00411. The van der Waals surface area contributed by atoms with Crippen molar-refractivity contribution in [2.24, 2.45) is 5.41 Å². The number of ether oxygens (including phenoxy) is 1. The largest absolute Gasteiger partial charge is 0.444 e. The van der Waals surface area contributed by atoms with Gasteiger partial charge < -0.3 is 14.5 Å². The van der Waals surface area contributed by atoms with Crippen LogP contribution in [0.1, 0.15) is 61.3 Å². The van der Waals surface area contributed by atoms with E-state index < -0.39 is 5.60 Å². The molecule has 0 aromatic carbocycles. The van der Waals surface area contributed by atoms with Gasteiger partial charge in [-0.15, -0.1) is 0 Å². The van der Waals surface area contributed by atoms with Gasteiger partial charge >= 0.3 is 6.09 Å². The van der Waals surface area contributed by atoms with Crippen molar-refractivity contribution >= 4 is 6.09 Å². The molecule has 0 spiro atoms. The lowest BCUT2D eigenvalue weighted by Gasteiger charge is -2.45. The lowest BCUT2D eigenvalue weighted by molar-refractivity contribution is -0.00711. The molecule has 5 nitrogen and oxygen atoms in total. The molecule has 2 aliphatic rings. The molecule has 0 aromatic rings. The lowest BCUT2D eigenvalue weighted by atomic mass is 9.80. The summed E-state index contributed by atoms with van der Waals surface area (Å²) in [6.45, 7) is 20.5. The summed E-state index contributed by atoms with van der Waals surface area (Å²) in [7, 11) is 2.21. The number of amides is 1. The third kappa shape index (κ3) is 7.14. The van der Waals surface area contributed by atoms with E-state index in [1.54, 1.807) is 0 Å². The zero-order chi connectivity index (χ0) is 19.3. The van der Waals surface area contributed by atoms with E-state index in [9.17, 15) is 4.79 Å². The zero-order valence-electron chi connectivity index (χ0n) is 17.9. The molecule has 0 radical (unpaired) electrons. The van der Waals surface area contributed by atoms with Gasteiger partial charge in [-0.2, -0.15) is 0 Å². The summed E-state index contributed by atoms with van der Waals surface area (Å²) in [6, 6.07) is 0.216. The molecular formula is C20H41N3O2. The number of carbonyl (C=O) groups excluding carboxylic acids is 1. The number of carbonyl (C=O) groups is 1. The van der Waals surface area contributed by atoms with Crippen molar-refractivity contribution < 1.29 is 9.53 Å². The van der Waals surface area contributed by atoms with Crippen LogP contribution in [0.25, 0.3) is 0 Å². The second kappa shape index (κ2) is 9.22. The number of piperidine rings is 1. The topological polar surface area (TPSA) is 36.0 Å². The van der Waals surface area contributed by atoms with Crippen molar-refractivity contribution in [3.63, 3.8) is 0 Å². The van der Waals surface area contributed by atoms with Gasteiger partial charge in [0.1, 0.15) is 5.60 Å². The van der Waals surface area contributed by atoms with Crippen LogP contribution >= 0.6 is 0 Å². The summed E-state index contributed by atoms with van der Waals surface area (Å²) in [6.07, 6.45) is 2.36. The Kier molecular flexibility index (Phi) is 8.20. The van der Waals surface area contributed by atoms with Gasteiger partial charge in [0, 0.05) is 32.2 Å². The number of nitrogens with zero attached hydrogens (tertiary/aromatic N) is 3. The highest BCUT2D eigenvalue weighted by Gasteiger charge is 2.35. The minimum atomic E-state index is -0.421. The number of rotatable bonds is 2. The molecule has 5 heteroatoms. The average Bonchev–Trinajstić information content (AvgIpc) is 2.51. The number of likely N-dealkylation sites (tertiary alicyclic amines) is 1. The Balaban J connectivity index is 0.00000151. The van der Waals surface area contributed by atoms with Gasteiger partial charge in [0.25, 0.3) is 0 Å². The summed E-state index contributed by atoms with van der Waals surface area (Å²) in [5.74, 6) is 0.